The molecular formula is C25H20FN5OS. The average Bonchev–Trinajstić information content (AvgIpc) is 3.33. The number of aliphatic imine (C=N–C) groups is 1. The van der Waals surface area contributed by atoms with Gasteiger partial charge in [0.1, 0.15) is 10.9 Å². The zero-order valence-corrected chi connectivity index (χ0v) is 19.1. The lowest BCUT2D eigenvalue weighted by atomic mass is 10.1. The number of hydrogen-bond acceptors (Lipinski definition) is 4. The SMILES string of the molecule is Cc1ccc(-n2c(C)cc(/C=C3\C(=N)N4N=C(c5ccccc5F)SC4=NC3=O)c2C)cc1. The smallest absolute Gasteiger partial charge is 0.283 e. The number of rotatable bonds is 3. The topological polar surface area (TPSA) is 73.8 Å². The number of hydrazone groups is 1. The average molecular weight is 458 g/mol. The third kappa shape index (κ3) is 3.62. The summed E-state index contributed by atoms with van der Waals surface area (Å²) < 4.78 is 16.3. The van der Waals surface area contributed by atoms with Crippen LogP contribution < -0.4 is 0 Å². The molecular weight excluding hydrogens is 437 g/mol. The molecule has 1 N–H and O–H groups in total. The Morgan fingerprint density at radius 1 is 1.06 bits per heavy atom. The summed E-state index contributed by atoms with van der Waals surface area (Å²) in [6.07, 6.45) is 1.68. The minimum Gasteiger partial charge on any atom is -0.318 e. The van der Waals surface area contributed by atoms with Crippen molar-refractivity contribution >= 4 is 39.8 Å². The number of nitrogens with one attached hydrogen (secondary N) is 1. The predicted octanol–water partition coefficient (Wildman–Crippen LogP) is 5.21. The Labute approximate surface area is 194 Å². The molecule has 8 heteroatoms. The molecule has 5 rings (SSSR count). The van der Waals surface area contributed by atoms with Gasteiger partial charge in [-0.05, 0) is 74.5 Å². The molecule has 1 amide bonds. The van der Waals surface area contributed by atoms with Crippen LogP contribution in [0.25, 0.3) is 11.8 Å². The number of benzene rings is 2. The number of nitrogens with zero attached hydrogens (tertiary/aromatic N) is 4. The Balaban J connectivity index is 1.52. The molecule has 0 unspecified atom stereocenters. The molecule has 33 heavy (non-hydrogen) atoms. The molecule has 1 aromatic heterocycles. The van der Waals surface area contributed by atoms with Gasteiger partial charge in [0.15, 0.2) is 5.84 Å². The van der Waals surface area contributed by atoms with E-state index in [1.54, 1.807) is 24.3 Å². The van der Waals surface area contributed by atoms with E-state index in [9.17, 15) is 9.18 Å². The Morgan fingerprint density at radius 2 is 1.79 bits per heavy atom. The van der Waals surface area contributed by atoms with Crippen LogP contribution in [0.1, 0.15) is 28.1 Å². The van der Waals surface area contributed by atoms with Crippen LogP contribution in [0.15, 0.2) is 70.3 Å². The van der Waals surface area contributed by atoms with Gasteiger partial charge in [-0.25, -0.2) is 4.39 Å². The van der Waals surface area contributed by atoms with Crippen molar-refractivity contribution < 1.29 is 9.18 Å². The number of amides is 1. The van der Waals surface area contributed by atoms with Crippen molar-refractivity contribution in [1.29, 1.82) is 5.41 Å². The molecule has 0 radical (unpaired) electrons. The van der Waals surface area contributed by atoms with E-state index in [1.165, 1.54) is 16.6 Å². The molecule has 2 aromatic carbocycles. The van der Waals surface area contributed by atoms with E-state index in [1.807, 2.05) is 26.8 Å². The number of halogens is 1. The predicted molar refractivity (Wildman–Crippen MR) is 130 cm³/mol. The van der Waals surface area contributed by atoms with Crippen molar-refractivity contribution in [1.82, 2.24) is 9.58 Å². The number of aryl methyl sites for hydroxylation is 2. The van der Waals surface area contributed by atoms with Gasteiger partial charge in [0.25, 0.3) is 5.91 Å². The summed E-state index contributed by atoms with van der Waals surface area (Å²) >= 11 is 1.08. The molecule has 0 bridgehead atoms. The zero-order chi connectivity index (χ0) is 23.3. The van der Waals surface area contributed by atoms with Gasteiger partial charge in [-0.3, -0.25) is 10.2 Å². The second kappa shape index (κ2) is 7.97. The molecule has 2 aliphatic rings. The maximum absolute atomic E-state index is 14.2. The third-order valence-corrected chi connectivity index (χ3v) is 6.56. The molecule has 164 valence electrons. The highest BCUT2D eigenvalue weighted by atomic mass is 32.2. The molecule has 0 fully saturated rings. The standard InChI is InChI=1S/C25H20FN5OS/c1-14-8-10-18(11-9-14)30-15(2)12-17(16(30)3)13-20-22(27)31-25(28-23(20)32)33-24(29-31)19-6-4-5-7-21(19)26/h4-13,27H,1-3H3/b20-13+,27-22?. The first-order valence-electron chi connectivity index (χ1n) is 10.3. The van der Waals surface area contributed by atoms with Gasteiger partial charge in [-0.1, -0.05) is 29.8 Å². The third-order valence-electron chi connectivity index (χ3n) is 5.62. The van der Waals surface area contributed by atoms with E-state index in [4.69, 9.17) is 5.41 Å². The summed E-state index contributed by atoms with van der Waals surface area (Å²) in [7, 11) is 0. The second-order valence-electron chi connectivity index (χ2n) is 7.90. The van der Waals surface area contributed by atoms with Gasteiger partial charge < -0.3 is 4.57 Å². The largest absolute Gasteiger partial charge is 0.318 e. The first-order valence-corrected chi connectivity index (χ1v) is 11.2. The molecule has 0 spiro atoms. The molecule has 0 saturated carbocycles. The number of carbonyl (C=O) groups excluding carboxylic acids is 1. The Morgan fingerprint density at radius 3 is 2.52 bits per heavy atom. The molecule has 0 saturated heterocycles. The number of thioether (sulfide) groups is 1. The van der Waals surface area contributed by atoms with Crippen molar-refractivity contribution in [2.75, 3.05) is 0 Å². The molecule has 0 atom stereocenters. The number of aromatic nitrogens is 1. The minimum atomic E-state index is -0.510. The van der Waals surface area contributed by atoms with Gasteiger partial charge in [-0.15, -0.1) is 0 Å². The lowest BCUT2D eigenvalue weighted by Gasteiger charge is -2.20. The van der Waals surface area contributed by atoms with E-state index < -0.39 is 11.7 Å². The lowest BCUT2D eigenvalue weighted by Crippen LogP contribution is -2.35. The zero-order valence-electron chi connectivity index (χ0n) is 18.3. The first kappa shape index (κ1) is 21.1. The summed E-state index contributed by atoms with van der Waals surface area (Å²) in [5.41, 5.74) is 5.45. The summed E-state index contributed by atoms with van der Waals surface area (Å²) in [5.74, 6) is -1.01. The van der Waals surface area contributed by atoms with E-state index >= 15 is 0 Å². The van der Waals surface area contributed by atoms with Crippen molar-refractivity contribution in [3.05, 3.63) is 94.1 Å². The van der Waals surface area contributed by atoms with Gasteiger partial charge in [-0.2, -0.15) is 15.1 Å². The molecule has 0 aliphatic carbocycles. The fourth-order valence-electron chi connectivity index (χ4n) is 3.92. The Bertz CT molecular complexity index is 1420. The Kier molecular flexibility index (Phi) is 5.09. The van der Waals surface area contributed by atoms with Gasteiger partial charge >= 0.3 is 0 Å². The minimum absolute atomic E-state index is 0.0796. The number of amidine groups is 2. The highest BCUT2D eigenvalue weighted by molar-refractivity contribution is 8.27. The van der Waals surface area contributed by atoms with Gasteiger partial charge in [0.05, 0.1) is 5.57 Å². The van der Waals surface area contributed by atoms with Crippen LogP contribution in [0.3, 0.4) is 0 Å². The number of fused-ring (bicyclic) bond motifs is 1. The van der Waals surface area contributed by atoms with Crippen LogP contribution in [0.4, 0.5) is 4.39 Å². The van der Waals surface area contributed by atoms with Gasteiger partial charge in [0, 0.05) is 22.6 Å². The molecule has 2 aliphatic heterocycles. The highest BCUT2D eigenvalue weighted by Gasteiger charge is 2.36. The van der Waals surface area contributed by atoms with E-state index in [2.05, 4.69) is 38.9 Å². The lowest BCUT2D eigenvalue weighted by molar-refractivity contribution is -0.114. The second-order valence-corrected chi connectivity index (χ2v) is 8.86. The van der Waals surface area contributed by atoms with Crippen LogP contribution in [-0.2, 0) is 4.79 Å². The highest BCUT2D eigenvalue weighted by Crippen LogP contribution is 2.32. The van der Waals surface area contributed by atoms with Crippen molar-refractivity contribution in [3.63, 3.8) is 0 Å². The van der Waals surface area contributed by atoms with Crippen molar-refractivity contribution in [2.24, 2.45) is 10.1 Å². The maximum Gasteiger partial charge on any atom is 0.283 e. The first-order chi connectivity index (χ1) is 15.8. The van der Waals surface area contributed by atoms with Crippen molar-refractivity contribution in [3.8, 4) is 5.69 Å². The Hall–Kier alpha value is -3.78. The van der Waals surface area contributed by atoms with E-state index in [-0.39, 0.29) is 16.6 Å². The van der Waals surface area contributed by atoms with E-state index in [0.717, 1.165) is 34.4 Å². The van der Waals surface area contributed by atoms with Crippen LogP contribution in [-0.4, -0.2) is 31.5 Å². The normalized spacial score (nSPS) is 16.8. The van der Waals surface area contributed by atoms with E-state index in [0.29, 0.717) is 10.6 Å². The van der Waals surface area contributed by atoms with Crippen molar-refractivity contribution in [2.45, 2.75) is 20.8 Å². The summed E-state index contributed by atoms with van der Waals surface area (Å²) in [6.45, 7) is 6.02. The number of carbonyl (C=O) groups is 1. The van der Waals surface area contributed by atoms with Gasteiger partial charge in [0.2, 0.25) is 5.17 Å². The molecule has 3 heterocycles. The number of hydrogen-bond donors (Lipinski definition) is 1. The molecule has 3 aromatic rings. The van der Waals surface area contributed by atoms with Crippen LogP contribution in [0, 0.1) is 32.0 Å². The van der Waals surface area contributed by atoms with Crippen LogP contribution in [0.2, 0.25) is 0 Å². The van der Waals surface area contributed by atoms with Crippen LogP contribution >= 0.6 is 11.8 Å². The fraction of sp³-hybridized carbons (Fsp3) is 0.120. The molecule has 6 nitrogen and oxygen atoms in total. The summed E-state index contributed by atoms with van der Waals surface area (Å²) in [4.78, 5) is 16.9. The summed E-state index contributed by atoms with van der Waals surface area (Å²) in [6, 6.07) is 16.5. The monoisotopic (exact) mass is 457 g/mol. The maximum atomic E-state index is 14.2. The van der Waals surface area contributed by atoms with Crippen LogP contribution in [0.5, 0.6) is 0 Å². The quantitative estimate of drug-likeness (QED) is 0.549. The fourth-order valence-corrected chi connectivity index (χ4v) is 4.83. The summed E-state index contributed by atoms with van der Waals surface area (Å²) in [5, 5.41) is 14.9.